The molecule has 1 saturated heterocycles. The quantitative estimate of drug-likeness (QED) is 0.600. The summed E-state index contributed by atoms with van der Waals surface area (Å²) in [6.07, 6.45) is 2.97. The van der Waals surface area contributed by atoms with Crippen molar-refractivity contribution in [3.63, 3.8) is 0 Å². The van der Waals surface area contributed by atoms with Gasteiger partial charge < -0.3 is 14.4 Å². The minimum Gasteiger partial charge on any atom is -0.366 e. The second-order valence-electron chi connectivity index (χ2n) is 8.21. The number of allylic oxidation sites excluding steroid dienone is 1. The van der Waals surface area contributed by atoms with Crippen molar-refractivity contribution < 1.29 is 4.79 Å². The van der Waals surface area contributed by atoms with Gasteiger partial charge in [-0.05, 0) is 18.1 Å². The van der Waals surface area contributed by atoms with Crippen molar-refractivity contribution in [2.24, 2.45) is 0 Å². The Morgan fingerprint density at radius 1 is 1.00 bits per heavy atom. The molecule has 0 saturated carbocycles. The van der Waals surface area contributed by atoms with Crippen molar-refractivity contribution in [2.45, 2.75) is 13.0 Å². The number of hydrogen-bond donors (Lipinski definition) is 0. The van der Waals surface area contributed by atoms with Gasteiger partial charge in [0.15, 0.2) is 0 Å². The molecule has 1 aromatic heterocycles. The highest BCUT2D eigenvalue weighted by atomic mass is 32.2. The van der Waals surface area contributed by atoms with Gasteiger partial charge in [0.2, 0.25) is 0 Å². The van der Waals surface area contributed by atoms with Gasteiger partial charge in [0.25, 0.3) is 11.5 Å². The number of carbonyl (C=O) groups excluding carboxylic acids is 1. The maximum Gasteiger partial charge on any atom is 0.271 e. The van der Waals surface area contributed by atoms with Crippen LogP contribution in [0.3, 0.4) is 0 Å². The number of rotatable bonds is 4. The lowest BCUT2D eigenvalue weighted by atomic mass is 10.1. The molecular formula is C26H24N4O2S. The monoisotopic (exact) mass is 456 g/mol. The summed E-state index contributed by atoms with van der Waals surface area (Å²) in [5.41, 5.74) is 2.39. The molecule has 0 radical (unpaired) electrons. The fourth-order valence-corrected chi connectivity index (χ4v) is 5.54. The van der Waals surface area contributed by atoms with Gasteiger partial charge in [0.1, 0.15) is 11.6 Å². The van der Waals surface area contributed by atoms with Crippen LogP contribution >= 0.6 is 11.8 Å². The first kappa shape index (κ1) is 21.4. The Kier molecular flexibility index (Phi) is 5.93. The Hall–Kier alpha value is -3.50. The number of nitrogens with zero attached hydrogens (tertiary/aromatic N) is 4. The number of piperazine rings is 1. The van der Waals surface area contributed by atoms with E-state index in [1.54, 1.807) is 16.3 Å². The molecule has 1 fully saturated rings. The number of para-hydroxylation sites is 1. The molecular weight excluding hydrogens is 432 g/mol. The zero-order chi connectivity index (χ0) is 22.8. The lowest BCUT2D eigenvalue weighted by Gasteiger charge is -2.37. The van der Waals surface area contributed by atoms with E-state index in [0.29, 0.717) is 38.4 Å². The molecule has 0 N–H and O–H groups in total. The first-order valence-corrected chi connectivity index (χ1v) is 12.1. The average molecular weight is 457 g/mol. The highest BCUT2D eigenvalue weighted by molar-refractivity contribution is 8.04. The molecule has 5 rings (SSSR count). The molecule has 6 nitrogen and oxygen atoms in total. The standard InChI is InChI=1S/C26H24N4O2S/c27-17-21-24(28-12-14-29(15-13-28)26(32)23-11-6-16-33-23)20-9-4-5-10-22(20)30(25(21)31)18-19-7-2-1-3-8-19/h1-5,7-11H,6,12-16,18H2. The molecule has 2 aliphatic rings. The van der Waals surface area contributed by atoms with Gasteiger partial charge in [0.05, 0.1) is 22.7 Å². The first-order valence-electron chi connectivity index (χ1n) is 11.1. The Labute approximate surface area is 196 Å². The van der Waals surface area contributed by atoms with E-state index < -0.39 is 0 Å². The van der Waals surface area contributed by atoms with Crippen molar-refractivity contribution >= 4 is 34.3 Å². The number of anilines is 1. The van der Waals surface area contributed by atoms with Crippen LogP contribution in [-0.2, 0) is 11.3 Å². The third-order valence-electron chi connectivity index (χ3n) is 6.24. The van der Waals surface area contributed by atoms with Crippen LogP contribution in [0, 0.1) is 11.3 Å². The van der Waals surface area contributed by atoms with Gasteiger partial charge in [-0.15, -0.1) is 11.8 Å². The van der Waals surface area contributed by atoms with Gasteiger partial charge in [-0.25, -0.2) is 0 Å². The Bertz CT molecular complexity index is 1330. The summed E-state index contributed by atoms with van der Waals surface area (Å²) in [6.45, 7) is 2.73. The van der Waals surface area contributed by atoms with Gasteiger partial charge in [-0.1, -0.05) is 54.6 Å². The molecule has 0 aliphatic carbocycles. The molecule has 3 aromatic rings. The molecule has 2 aliphatic heterocycles. The van der Waals surface area contributed by atoms with Crippen LogP contribution in [0.15, 0.2) is 70.4 Å². The van der Waals surface area contributed by atoms with Gasteiger partial charge in [-0.2, -0.15) is 5.26 Å². The third kappa shape index (κ3) is 4.03. The molecule has 0 unspecified atom stereocenters. The normalized spacial score (nSPS) is 16.0. The van der Waals surface area contributed by atoms with Crippen molar-refractivity contribution in [3.05, 3.63) is 87.1 Å². The number of thioether (sulfide) groups is 1. The van der Waals surface area contributed by atoms with Gasteiger partial charge >= 0.3 is 0 Å². The number of carbonyl (C=O) groups is 1. The van der Waals surface area contributed by atoms with E-state index in [2.05, 4.69) is 11.0 Å². The fraction of sp³-hybridized carbons (Fsp3) is 0.269. The predicted molar refractivity (Wildman–Crippen MR) is 132 cm³/mol. The van der Waals surface area contributed by atoms with Crippen LogP contribution < -0.4 is 10.5 Å². The van der Waals surface area contributed by atoms with Crippen LogP contribution in [0.5, 0.6) is 0 Å². The second kappa shape index (κ2) is 9.16. The zero-order valence-corrected chi connectivity index (χ0v) is 19.1. The van der Waals surface area contributed by atoms with Gasteiger partial charge in [0, 0.05) is 37.3 Å². The molecule has 1 amide bonds. The lowest BCUT2D eigenvalue weighted by molar-refractivity contribution is -0.126. The molecule has 0 bridgehead atoms. The summed E-state index contributed by atoms with van der Waals surface area (Å²) >= 11 is 1.62. The number of nitriles is 1. The topological polar surface area (TPSA) is 69.3 Å². The fourth-order valence-electron chi connectivity index (χ4n) is 4.60. The van der Waals surface area contributed by atoms with E-state index in [-0.39, 0.29) is 17.0 Å². The van der Waals surface area contributed by atoms with Crippen molar-refractivity contribution in [1.82, 2.24) is 9.47 Å². The van der Waals surface area contributed by atoms with Crippen molar-refractivity contribution in [1.29, 1.82) is 5.26 Å². The summed E-state index contributed by atoms with van der Waals surface area (Å²) in [6, 6.07) is 19.8. The average Bonchev–Trinajstić information content (AvgIpc) is 3.41. The Morgan fingerprint density at radius 2 is 1.73 bits per heavy atom. The summed E-state index contributed by atoms with van der Waals surface area (Å²) in [7, 11) is 0. The minimum absolute atomic E-state index is 0.0980. The Balaban J connectivity index is 1.50. The van der Waals surface area contributed by atoms with Crippen LogP contribution in [0.1, 0.15) is 17.5 Å². The number of hydrogen-bond acceptors (Lipinski definition) is 5. The smallest absolute Gasteiger partial charge is 0.271 e. The molecule has 166 valence electrons. The second-order valence-corrected chi connectivity index (χ2v) is 9.35. The maximum atomic E-state index is 13.5. The number of pyridine rings is 1. The van der Waals surface area contributed by atoms with E-state index in [1.807, 2.05) is 65.6 Å². The summed E-state index contributed by atoms with van der Waals surface area (Å²) in [5.74, 6) is 1.07. The van der Waals surface area contributed by atoms with Gasteiger partial charge in [-0.3, -0.25) is 9.59 Å². The highest BCUT2D eigenvalue weighted by Crippen LogP contribution is 2.31. The van der Waals surface area contributed by atoms with E-state index in [1.165, 1.54) is 0 Å². The maximum absolute atomic E-state index is 13.5. The zero-order valence-electron chi connectivity index (χ0n) is 18.2. The van der Waals surface area contributed by atoms with Crippen LogP contribution in [0.2, 0.25) is 0 Å². The number of aromatic nitrogens is 1. The van der Waals surface area contributed by atoms with E-state index in [9.17, 15) is 14.9 Å². The van der Waals surface area contributed by atoms with Crippen molar-refractivity contribution in [2.75, 3.05) is 36.8 Å². The van der Waals surface area contributed by atoms with Crippen LogP contribution in [0.4, 0.5) is 5.69 Å². The molecule has 3 heterocycles. The predicted octanol–water partition coefficient (Wildman–Crippen LogP) is 3.59. The van der Waals surface area contributed by atoms with E-state index >= 15 is 0 Å². The molecule has 2 aromatic carbocycles. The lowest BCUT2D eigenvalue weighted by Crippen LogP contribution is -2.49. The SMILES string of the molecule is N#Cc1c(N2CCN(C(=O)C3=CCCS3)CC2)c2ccccc2n(Cc2ccccc2)c1=O. The number of fused-ring (bicyclic) bond motifs is 1. The molecule has 7 heteroatoms. The Morgan fingerprint density at radius 3 is 2.42 bits per heavy atom. The summed E-state index contributed by atoms with van der Waals surface area (Å²) in [4.78, 5) is 31.0. The number of benzene rings is 2. The van der Waals surface area contributed by atoms with E-state index in [4.69, 9.17) is 0 Å². The molecule has 0 atom stereocenters. The van der Waals surface area contributed by atoms with Crippen LogP contribution in [0.25, 0.3) is 10.9 Å². The molecule has 33 heavy (non-hydrogen) atoms. The third-order valence-corrected chi connectivity index (χ3v) is 7.33. The summed E-state index contributed by atoms with van der Waals surface area (Å²) in [5, 5.41) is 10.9. The largest absolute Gasteiger partial charge is 0.366 e. The van der Waals surface area contributed by atoms with Crippen LogP contribution in [-0.4, -0.2) is 47.3 Å². The first-order chi connectivity index (χ1) is 16.2. The minimum atomic E-state index is -0.277. The van der Waals surface area contributed by atoms with Crippen molar-refractivity contribution in [3.8, 4) is 6.07 Å². The van der Waals surface area contributed by atoms with E-state index in [0.717, 1.165) is 33.5 Å². The number of amides is 1. The molecule has 0 spiro atoms. The summed E-state index contributed by atoms with van der Waals surface area (Å²) < 4.78 is 1.69. The highest BCUT2D eigenvalue weighted by Gasteiger charge is 2.28.